The minimum absolute atomic E-state index is 0.0529. The Morgan fingerprint density at radius 1 is 1.53 bits per heavy atom. The van der Waals surface area contributed by atoms with Gasteiger partial charge in [-0.2, -0.15) is 8.78 Å². The minimum Gasteiger partial charge on any atom is -0.478 e. The van der Waals surface area contributed by atoms with Crippen LogP contribution in [-0.2, 0) is 10.7 Å². The molecule has 0 saturated heterocycles. The highest BCUT2D eigenvalue weighted by molar-refractivity contribution is 5.92. The fourth-order valence-electron chi connectivity index (χ4n) is 1.50. The molecule has 0 bridgehead atoms. The fraction of sp³-hybridized carbons (Fsp3) is 0.333. The number of aliphatic hydroxyl groups is 1. The summed E-state index contributed by atoms with van der Waals surface area (Å²) in [5.41, 5.74) is -1.72. The van der Waals surface area contributed by atoms with Gasteiger partial charge in [0, 0.05) is 17.7 Å². The molecule has 0 fully saturated rings. The van der Waals surface area contributed by atoms with E-state index >= 15 is 0 Å². The van der Waals surface area contributed by atoms with Crippen LogP contribution in [0, 0.1) is 0 Å². The van der Waals surface area contributed by atoms with Crippen molar-refractivity contribution in [2.24, 2.45) is 0 Å². The van der Waals surface area contributed by atoms with Crippen molar-refractivity contribution < 1.29 is 33.3 Å². The molecule has 1 aromatic rings. The first-order valence-electron chi connectivity index (χ1n) is 5.35. The Morgan fingerprint density at radius 2 is 2.16 bits per heavy atom. The molecule has 0 radical (unpaired) electrons. The van der Waals surface area contributed by atoms with Crippen molar-refractivity contribution in [1.29, 1.82) is 0 Å². The zero-order valence-electron chi connectivity index (χ0n) is 9.97. The maximum Gasteiger partial charge on any atom is 0.336 e. The molecule has 1 unspecified atom stereocenters. The van der Waals surface area contributed by atoms with Gasteiger partial charge in [-0.15, -0.1) is 0 Å². The predicted octanol–water partition coefficient (Wildman–Crippen LogP) is 1.64. The van der Waals surface area contributed by atoms with Gasteiger partial charge in [0.05, 0.1) is 5.56 Å². The van der Waals surface area contributed by atoms with E-state index in [-0.39, 0.29) is 12.2 Å². The number of carboxylic acids is 1. The Kier molecular flexibility index (Phi) is 4.68. The first kappa shape index (κ1) is 15.2. The van der Waals surface area contributed by atoms with Crippen molar-refractivity contribution in [1.82, 2.24) is 0 Å². The van der Waals surface area contributed by atoms with Gasteiger partial charge in [-0.25, -0.2) is 4.79 Å². The van der Waals surface area contributed by atoms with Crippen LogP contribution in [0.3, 0.4) is 0 Å². The summed E-state index contributed by atoms with van der Waals surface area (Å²) in [7, 11) is 0. The Bertz CT molecular complexity index is 487. The van der Waals surface area contributed by atoms with Crippen LogP contribution in [-0.4, -0.2) is 35.4 Å². The molecule has 7 heteroatoms. The second-order valence-electron chi connectivity index (χ2n) is 3.66. The molecule has 1 atom stereocenters. The van der Waals surface area contributed by atoms with E-state index in [0.717, 1.165) is 18.2 Å². The molecule has 1 aromatic carbocycles. The van der Waals surface area contributed by atoms with Crippen LogP contribution in [0.2, 0.25) is 0 Å². The molecule has 0 aliphatic carbocycles. The molecular weight excluding hydrogens is 262 g/mol. The first-order chi connectivity index (χ1) is 8.84. The topological polar surface area (TPSA) is 83.8 Å². The van der Waals surface area contributed by atoms with Crippen LogP contribution in [0.25, 0.3) is 0 Å². The molecule has 104 valence electrons. The van der Waals surface area contributed by atoms with Crippen molar-refractivity contribution in [3.8, 4) is 0 Å². The summed E-state index contributed by atoms with van der Waals surface area (Å²) in [5.74, 6) is -5.52. The normalized spacial score (nSPS) is 13.1. The van der Waals surface area contributed by atoms with E-state index in [1.165, 1.54) is 6.92 Å². The Morgan fingerprint density at radius 3 is 2.63 bits per heavy atom. The van der Waals surface area contributed by atoms with Gasteiger partial charge in [-0.05, 0) is 13.0 Å². The lowest BCUT2D eigenvalue weighted by Gasteiger charge is -2.23. The summed E-state index contributed by atoms with van der Waals surface area (Å²) in [6, 6.07) is 2.65. The predicted molar refractivity (Wildman–Crippen MR) is 60.3 cm³/mol. The average molecular weight is 274 g/mol. The van der Waals surface area contributed by atoms with Crippen LogP contribution in [0.15, 0.2) is 18.2 Å². The fourth-order valence-corrected chi connectivity index (χ4v) is 1.50. The van der Waals surface area contributed by atoms with Gasteiger partial charge >= 0.3 is 11.9 Å². The minimum atomic E-state index is -3.90. The van der Waals surface area contributed by atoms with Crippen molar-refractivity contribution >= 4 is 12.3 Å². The number of benzene rings is 1. The van der Waals surface area contributed by atoms with Gasteiger partial charge in [0.15, 0.2) is 0 Å². The van der Waals surface area contributed by atoms with Gasteiger partial charge in [0.2, 0.25) is 6.29 Å². The molecular formula is C12H12F2O5. The lowest BCUT2D eigenvalue weighted by Crippen LogP contribution is -2.35. The summed E-state index contributed by atoms with van der Waals surface area (Å²) in [6.45, 7) is 1.25. The molecule has 1 rings (SSSR count). The van der Waals surface area contributed by atoms with Crippen molar-refractivity contribution in [3.05, 3.63) is 34.9 Å². The molecule has 19 heavy (non-hydrogen) atoms. The molecule has 0 spiro atoms. The summed E-state index contributed by atoms with van der Waals surface area (Å²) in [4.78, 5) is 21.5. The highest BCUT2D eigenvalue weighted by Gasteiger charge is 2.44. The number of aldehydes is 1. The highest BCUT2D eigenvalue weighted by atomic mass is 19.3. The number of halogens is 2. The van der Waals surface area contributed by atoms with Gasteiger partial charge in [0.1, 0.15) is 6.29 Å². The average Bonchev–Trinajstić information content (AvgIpc) is 2.38. The Labute approximate surface area is 107 Å². The number of carboxylic acid groups (broad SMARTS) is 1. The number of aliphatic hydroxyl groups excluding tert-OH is 1. The highest BCUT2D eigenvalue weighted by Crippen LogP contribution is 2.35. The van der Waals surface area contributed by atoms with E-state index < -0.39 is 29.3 Å². The van der Waals surface area contributed by atoms with Crippen LogP contribution in [0.4, 0.5) is 8.78 Å². The van der Waals surface area contributed by atoms with Crippen LogP contribution >= 0.6 is 0 Å². The zero-order valence-corrected chi connectivity index (χ0v) is 9.97. The number of aromatic carboxylic acids is 1. The van der Waals surface area contributed by atoms with Gasteiger partial charge in [-0.1, -0.05) is 12.1 Å². The SMILES string of the molecule is CCOC(O)C(F)(F)c1ccc(C=O)cc1C(=O)O. The summed E-state index contributed by atoms with van der Waals surface area (Å²) < 4.78 is 32.1. The summed E-state index contributed by atoms with van der Waals surface area (Å²) in [5, 5.41) is 18.1. The van der Waals surface area contributed by atoms with Gasteiger partial charge in [0.25, 0.3) is 0 Å². The standard InChI is InChI=1S/C12H12F2O5/c1-2-19-11(18)12(13,14)9-4-3-7(6-15)5-8(9)10(16)17/h3-6,11,18H,2H2,1H3,(H,16,17). The number of alkyl halides is 2. The van der Waals surface area contributed by atoms with E-state index in [1.807, 2.05) is 0 Å². The third-order valence-electron chi connectivity index (χ3n) is 2.40. The van der Waals surface area contributed by atoms with E-state index in [4.69, 9.17) is 5.11 Å². The first-order valence-corrected chi connectivity index (χ1v) is 5.35. The molecule has 0 aromatic heterocycles. The second-order valence-corrected chi connectivity index (χ2v) is 3.66. The summed E-state index contributed by atoms with van der Waals surface area (Å²) in [6.07, 6.45) is -2.12. The molecule has 0 amide bonds. The van der Waals surface area contributed by atoms with Crippen molar-refractivity contribution in [3.63, 3.8) is 0 Å². The summed E-state index contributed by atoms with van der Waals surface area (Å²) >= 11 is 0. The van der Waals surface area contributed by atoms with E-state index in [0.29, 0.717) is 6.29 Å². The number of ether oxygens (including phenoxy) is 1. The largest absolute Gasteiger partial charge is 0.478 e. The number of carbonyl (C=O) groups excluding carboxylic acids is 1. The Hall–Kier alpha value is -1.86. The van der Waals surface area contributed by atoms with Crippen molar-refractivity contribution in [2.75, 3.05) is 6.61 Å². The molecule has 0 aliphatic rings. The molecule has 5 nitrogen and oxygen atoms in total. The Balaban J connectivity index is 3.32. The van der Waals surface area contributed by atoms with E-state index in [9.17, 15) is 23.5 Å². The van der Waals surface area contributed by atoms with Gasteiger partial charge < -0.3 is 14.9 Å². The monoisotopic (exact) mass is 274 g/mol. The molecule has 0 saturated carbocycles. The van der Waals surface area contributed by atoms with E-state index in [1.54, 1.807) is 0 Å². The van der Waals surface area contributed by atoms with E-state index in [2.05, 4.69) is 4.74 Å². The number of rotatable bonds is 6. The molecule has 0 heterocycles. The number of hydrogen-bond acceptors (Lipinski definition) is 4. The molecule has 0 aliphatic heterocycles. The van der Waals surface area contributed by atoms with Gasteiger partial charge in [-0.3, -0.25) is 4.79 Å². The van der Waals surface area contributed by atoms with Crippen LogP contribution in [0.1, 0.15) is 33.2 Å². The third-order valence-corrected chi connectivity index (χ3v) is 2.40. The molecule has 2 N–H and O–H groups in total. The van der Waals surface area contributed by atoms with Crippen LogP contribution in [0.5, 0.6) is 0 Å². The number of hydrogen-bond donors (Lipinski definition) is 2. The maximum absolute atomic E-state index is 13.9. The number of carbonyl (C=O) groups is 2. The lowest BCUT2D eigenvalue weighted by atomic mass is 9.98. The van der Waals surface area contributed by atoms with Crippen LogP contribution < -0.4 is 0 Å². The second kappa shape index (κ2) is 5.85. The maximum atomic E-state index is 13.9. The lowest BCUT2D eigenvalue weighted by molar-refractivity contribution is -0.238. The zero-order chi connectivity index (χ0) is 14.6. The quantitative estimate of drug-likeness (QED) is 0.608. The smallest absolute Gasteiger partial charge is 0.336 e. The third kappa shape index (κ3) is 3.12. The van der Waals surface area contributed by atoms with Crippen molar-refractivity contribution in [2.45, 2.75) is 19.1 Å².